The summed E-state index contributed by atoms with van der Waals surface area (Å²) in [6.45, 7) is 6.92. The van der Waals surface area contributed by atoms with Crippen LogP contribution in [0, 0.1) is 0 Å². The molecule has 2 rings (SSSR count). The molecule has 2 amide bonds. The minimum absolute atomic E-state index is 0.192. The number of unbranched alkanes of at least 4 members (excludes halogenated alkanes) is 1. The standard InChI is InChI=1S/C24H34N4O4/c1-24(2,3)32-23(30)28-13-5-4-12-27-22(29)21(25)16-18-6-8-20(9-7-18)31-17-19-10-14-26-15-11-19/h6-11,14-15,21H,4-5,12-13,16-17,25H2,1-3H3,(H,27,29)(H,28,30)/t21-/m0/s1. The zero-order chi connectivity index (χ0) is 23.4. The van der Waals surface area contributed by atoms with E-state index in [1.165, 1.54) is 0 Å². The Bertz CT molecular complexity index is 835. The SMILES string of the molecule is CC(C)(C)OC(=O)NCCCCNC(=O)[C@@H](N)Cc1ccc(OCc2ccncc2)cc1. The summed E-state index contributed by atoms with van der Waals surface area (Å²) in [6, 6.07) is 10.8. The Labute approximate surface area is 189 Å². The van der Waals surface area contributed by atoms with E-state index in [1.54, 1.807) is 12.4 Å². The summed E-state index contributed by atoms with van der Waals surface area (Å²) in [7, 11) is 0. The summed E-state index contributed by atoms with van der Waals surface area (Å²) in [5, 5.41) is 5.54. The number of hydrogen-bond donors (Lipinski definition) is 3. The lowest BCUT2D eigenvalue weighted by molar-refractivity contribution is -0.122. The van der Waals surface area contributed by atoms with Gasteiger partial charge in [-0.25, -0.2) is 4.79 Å². The lowest BCUT2D eigenvalue weighted by Crippen LogP contribution is -2.42. The van der Waals surface area contributed by atoms with Gasteiger partial charge in [0.15, 0.2) is 0 Å². The third kappa shape index (κ3) is 10.3. The van der Waals surface area contributed by atoms with E-state index in [-0.39, 0.29) is 5.91 Å². The number of aromatic nitrogens is 1. The van der Waals surface area contributed by atoms with Gasteiger partial charge in [-0.3, -0.25) is 9.78 Å². The van der Waals surface area contributed by atoms with Crippen molar-refractivity contribution in [1.82, 2.24) is 15.6 Å². The molecule has 0 aliphatic carbocycles. The van der Waals surface area contributed by atoms with Crippen molar-refractivity contribution in [2.75, 3.05) is 13.1 Å². The molecule has 8 nitrogen and oxygen atoms in total. The van der Waals surface area contributed by atoms with Crippen LogP contribution in [0.25, 0.3) is 0 Å². The number of carbonyl (C=O) groups excluding carboxylic acids is 2. The predicted molar refractivity (Wildman–Crippen MR) is 123 cm³/mol. The van der Waals surface area contributed by atoms with Crippen LogP contribution in [-0.4, -0.2) is 41.7 Å². The molecule has 1 atom stereocenters. The first-order chi connectivity index (χ1) is 15.2. The van der Waals surface area contributed by atoms with Crippen LogP contribution in [0.1, 0.15) is 44.7 Å². The maximum Gasteiger partial charge on any atom is 0.407 e. The normalized spacial score (nSPS) is 12.0. The lowest BCUT2D eigenvalue weighted by atomic mass is 10.1. The number of nitrogens with one attached hydrogen (secondary N) is 2. The van der Waals surface area contributed by atoms with Crippen molar-refractivity contribution in [2.24, 2.45) is 5.73 Å². The molecule has 1 aromatic heterocycles. The molecule has 4 N–H and O–H groups in total. The Morgan fingerprint density at radius 2 is 1.59 bits per heavy atom. The van der Waals surface area contributed by atoms with E-state index < -0.39 is 17.7 Å². The molecule has 0 aliphatic heterocycles. The molecule has 174 valence electrons. The quantitative estimate of drug-likeness (QED) is 0.461. The largest absolute Gasteiger partial charge is 0.489 e. The third-order valence-electron chi connectivity index (χ3n) is 4.44. The predicted octanol–water partition coefficient (Wildman–Crippen LogP) is 2.95. The molecular weight excluding hydrogens is 408 g/mol. The molecule has 0 spiro atoms. The second-order valence-corrected chi connectivity index (χ2v) is 8.53. The van der Waals surface area contributed by atoms with Crippen molar-refractivity contribution in [3.63, 3.8) is 0 Å². The molecule has 0 radical (unpaired) electrons. The molecule has 0 fully saturated rings. The lowest BCUT2D eigenvalue weighted by Gasteiger charge is -2.19. The van der Waals surface area contributed by atoms with Crippen LogP contribution in [0.4, 0.5) is 4.79 Å². The highest BCUT2D eigenvalue weighted by Gasteiger charge is 2.16. The third-order valence-corrected chi connectivity index (χ3v) is 4.44. The average Bonchev–Trinajstić information content (AvgIpc) is 2.75. The van der Waals surface area contributed by atoms with E-state index in [0.717, 1.165) is 29.7 Å². The zero-order valence-corrected chi connectivity index (χ0v) is 19.1. The fraction of sp³-hybridized carbons (Fsp3) is 0.458. The van der Waals surface area contributed by atoms with Crippen molar-refractivity contribution in [2.45, 2.75) is 58.3 Å². The molecule has 0 saturated carbocycles. The summed E-state index contributed by atoms with van der Waals surface area (Å²) in [4.78, 5) is 27.8. The average molecular weight is 443 g/mol. The first-order valence-electron chi connectivity index (χ1n) is 10.8. The molecule has 8 heteroatoms. The molecule has 0 aliphatic rings. The van der Waals surface area contributed by atoms with Crippen molar-refractivity contribution < 1.29 is 19.1 Å². The Kier molecular flexibility index (Phi) is 9.94. The maximum atomic E-state index is 12.2. The summed E-state index contributed by atoms with van der Waals surface area (Å²) in [6.07, 6.45) is 4.94. The van der Waals surface area contributed by atoms with Crippen LogP contribution in [0.3, 0.4) is 0 Å². The van der Waals surface area contributed by atoms with Gasteiger partial charge in [0, 0.05) is 25.5 Å². The number of benzene rings is 1. The van der Waals surface area contributed by atoms with Crippen LogP contribution in [-0.2, 0) is 22.6 Å². The number of carbonyl (C=O) groups is 2. The van der Waals surface area contributed by atoms with Crippen molar-refractivity contribution in [3.8, 4) is 5.75 Å². The van der Waals surface area contributed by atoms with Crippen molar-refractivity contribution in [3.05, 3.63) is 59.9 Å². The fourth-order valence-electron chi connectivity index (χ4n) is 2.81. The smallest absolute Gasteiger partial charge is 0.407 e. The summed E-state index contributed by atoms with van der Waals surface area (Å²) in [5.41, 5.74) is 7.53. The summed E-state index contributed by atoms with van der Waals surface area (Å²) < 4.78 is 10.9. The Hall–Kier alpha value is -3.13. The summed E-state index contributed by atoms with van der Waals surface area (Å²) in [5.74, 6) is 0.562. The topological polar surface area (TPSA) is 116 Å². The van der Waals surface area contributed by atoms with Gasteiger partial charge in [-0.15, -0.1) is 0 Å². The van der Waals surface area contributed by atoms with E-state index >= 15 is 0 Å². The van der Waals surface area contributed by atoms with Crippen LogP contribution >= 0.6 is 0 Å². The van der Waals surface area contributed by atoms with Gasteiger partial charge in [-0.2, -0.15) is 0 Å². The fourth-order valence-corrected chi connectivity index (χ4v) is 2.81. The van der Waals surface area contributed by atoms with E-state index in [4.69, 9.17) is 15.2 Å². The maximum absolute atomic E-state index is 12.2. The van der Waals surface area contributed by atoms with E-state index in [1.807, 2.05) is 57.2 Å². The van der Waals surface area contributed by atoms with Crippen LogP contribution in [0.5, 0.6) is 5.75 Å². The number of nitrogens with two attached hydrogens (primary N) is 1. The van der Waals surface area contributed by atoms with Gasteiger partial charge in [0.25, 0.3) is 0 Å². The number of rotatable bonds is 11. The second kappa shape index (κ2) is 12.7. The number of pyridine rings is 1. The second-order valence-electron chi connectivity index (χ2n) is 8.53. The van der Waals surface area contributed by atoms with Crippen molar-refractivity contribution in [1.29, 1.82) is 0 Å². The van der Waals surface area contributed by atoms with Gasteiger partial charge in [0.1, 0.15) is 18.0 Å². The highest BCUT2D eigenvalue weighted by molar-refractivity contribution is 5.81. The first-order valence-corrected chi connectivity index (χ1v) is 10.8. The molecule has 1 aromatic carbocycles. The van der Waals surface area contributed by atoms with Gasteiger partial charge < -0.3 is 25.8 Å². The van der Waals surface area contributed by atoms with Gasteiger partial charge in [-0.05, 0) is 75.4 Å². The van der Waals surface area contributed by atoms with E-state index in [2.05, 4.69) is 15.6 Å². The molecule has 1 heterocycles. The minimum Gasteiger partial charge on any atom is -0.489 e. The highest BCUT2D eigenvalue weighted by atomic mass is 16.6. The van der Waals surface area contributed by atoms with Gasteiger partial charge in [0.2, 0.25) is 5.91 Å². The van der Waals surface area contributed by atoms with Gasteiger partial charge in [-0.1, -0.05) is 12.1 Å². The van der Waals surface area contributed by atoms with Gasteiger partial charge >= 0.3 is 6.09 Å². The molecular formula is C24H34N4O4. The summed E-state index contributed by atoms with van der Waals surface area (Å²) >= 11 is 0. The van der Waals surface area contributed by atoms with Crippen LogP contribution < -0.4 is 21.1 Å². The number of ether oxygens (including phenoxy) is 2. The number of alkyl carbamates (subject to hydrolysis) is 1. The van der Waals surface area contributed by atoms with Gasteiger partial charge in [0.05, 0.1) is 6.04 Å². The minimum atomic E-state index is -0.626. The zero-order valence-electron chi connectivity index (χ0n) is 19.1. The number of nitrogens with zero attached hydrogens (tertiary/aromatic N) is 1. The molecule has 32 heavy (non-hydrogen) atoms. The Morgan fingerprint density at radius 1 is 0.969 bits per heavy atom. The molecule has 0 unspecified atom stereocenters. The Balaban J connectivity index is 1.61. The highest BCUT2D eigenvalue weighted by Crippen LogP contribution is 2.15. The van der Waals surface area contributed by atoms with E-state index in [9.17, 15) is 9.59 Å². The molecule has 2 aromatic rings. The van der Waals surface area contributed by atoms with Crippen molar-refractivity contribution >= 4 is 12.0 Å². The number of amides is 2. The van der Waals surface area contributed by atoms with Crippen LogP contribution in [0.15, 0.2) is 48.8 Å². The van der Waals surface area contributed by atoms with Crippen LogP contribution in [0.2, 0.25) is 0 Å². The first kappa shape index (κ1) is 25.1. The molecule has 0 bridgehead atoms. The number of hydrogen-bond acceptors (Lipinski definition) is 6. The molecule has 0 saturated heterocycles. The van der Waals surface area contributed by atoms with E-state index in [0.29, 0.717) is 26.1 Å². The monoisotopic (exact) mass is 442 g/mol. The Morgan fingerprint density at radius 3 is 2.22 bits per heavy atom.